The van der Waals surface area contributed by atoms with E-state index >= 15 is 0 Å². The summed E-state index contributed by atoms with van der Waals surface area (Å²) in [6.45, 7) is 10.4. The summed E-state index contributed by atoms with van der Waals surface area (Å²) in [7, 11) is 0. The molecule has 0 aliphatic heterocycles. The van der Waals surface area contributed by atoms with Crippen molar-refractivity contribution in [2.45, 2.75) is 46.5 Å². The molecule has 0 atom stereocenters. The lowest BCUT2D eigenvalue weighted by atomic mass is 9.70. The van der Waals surface area contributed by atoms with Gasteiger partial charge in [0.1, 0.15) is 0 Å². The van der Waals surface area contributed by atoms with Gasteiger partial charge in [0.15, 0.2) is 0 Å². The van der Waals surface area contributed by atoms with E-state index < -0.39 is 0 Å². The third-order valence-corrected chi connectivity index (χ3v) is 4.16. The highest BCUT2D eigenvalue weighted by Crippen LogP contribution is 2.39. The Morgan fingerprint density at radius 2 is 1.78 bits per heavy atom. The molecule has 3 heteroatoms. The van der Waals surface area contributed by atoms with Crippen molar-refractivity contribution in [3.05, 3.63) is 0 Å². The molecule has 18 heavy (non-hydrogen) atoms. The second-order valence-corrected chi connectivity index (χ2v) is 6.62. The zero-order valence-electron chi connectivity index (χ0n) is 12.4. The van der Waals surface area contributed by atoms with Crippen LogP contribution in [0.25, 0.3) is 0 Å². The number of rotatable bonds is 7. The van der Waals surface area contributed by atoms with Gasteiger partial charge >= 0.3 is 0 Å². The van der Waals surface area contributed by atoms with E-state index in [1.165, 1.54) is 25.7 Å². The molecular formula is C15H31NO2. The minimum atomic E-state index is 0.122. The van der Waals surface area contributed by atoms with Crippen LogP contribution in [0, 0.1) is 17.3 Å². The van der Waals surface area contributed by atoms with E-state index in [4.69, 9.17) is 9.84 Å². The summed E-state index contributed by atoms with van der Waals surface area (Å²) in [5.41, 5.74) is 0.483. The number of hydrogen-bond donors (Lipinski definition) is 2. The number of aliphatic hydroxyl groups excluding tert-OH is 1. The summed E-state index contributed by atoms with van der Waals surface area (Å²) in [5, 5.41) is 12.0. The number of nitrogens with one attached hydrogen (secondary N) is 1. The van der Waals surface area contributed by atoms with Crippen LogP contribution in [0.4, 0.5) is 0 Å². The van der Waals surface area contributed by atoms with Crippen LogP contribution in [0.15, 0.2) is 0 Å². The van der Waals surface area contributed by atoms with Gasteiger partial charge in [0.25, 0.3) is 0 Å². The minimum Gasteiger partial charge on any atom is -0.394 e. The van der Waals surface area contributed by atoms with Crippen molar-refractivity contribution in [2.24, 2.45) is 17.3 Å². The van der Waals surface area contributed by atoms with Gasteiger partial charge in [-0.1, -0.05) is 20.8 Å². The van der Waals surface area contributed by atoms with Gasteiger partial charge in [-0.25, -0.2) is 0 Å². The van der Waals surface area contributed by atoms with Gasteiger partial charge in [0, 0.05) is 6.54 Å². The first-order valence-electron chi connectivity index (χ1n) is 7.43. The Morgan fingerprint density at radius 3 is 2.33 bits per heavy atom. The Morgan fingerprint density at radius 1 is 1.11 bits per heavy atom. The molecule has 0 saturated heterocycles. The van der Waals surface area contributed by atoms with Crippen molar-refractivity contribution >= 4 is 0 Å². The molecule has 1 fully saturated rings. The van der Waals surface area contributed by atoms with Crippen LogP contribution in [0.2, 0.25) is 0 Å². The molecule has 0 spiro atoms. The molecule has 3 nitrogen and oxygen atoms in total. The standard InChI is InChI=1S/C15H31NO2/c1-15(2,3)14-6-4-13(5-7-14)12-16-8-10-18-11-9-17/h13-14,16-17H,4-12H2,1-3H3. The highest BCUT2D eigenvalue weighted by atomic mass is 16.5. The molecule has 2 N–H and O–H groups in total. The SMILES string of the molecule is CC(C)(C)C1CCC(CNCCOCCO)CC1. The fraction of sp³-hybridized carbons (Fsp3) is 1.00. The van der Waals surface area contributed by atoms with Gasteiger partial charge < -0.3 is 15.2 Å². The maximum absolute atomic E-state index is 8.57. The monoisotopic (exact) mass is 257 g/mol. The topological polar surface area (TPSA) is 41.5 Å². The van der Waals surface area contributed by atoms with Gasteiger partial charge in [0.2, 0.25) is 0 Å². The summed E-state index contributed by atoms with van der Waals surface area (Å²) in [6.07, 6.45) is 5.51. The lowest BCUT2D eigenvalue weighted by molar-refractivity contribution is 0.0922. The van der Waals surface area contributed by atoms with E-state index in [1.54, 1.807) is 0 Å². The van der Waals surface area contributed by atoms with E-state index in [2.05, 4.69) is 26.1 Å². The van der Waals surface area contributed by atoms with Gasteiger partial charge in [-0.05, 0) is 49.5 Å². The number of aliphatic hydroxyl groups is 1. The van der Waals surface area contributed by atoms with Crippen molar-refractivity contribution in [1.29, 1.82) is 0 Å². The first-order chi connectivity index (χ1) is 8.54. The fourth-order valence-corrected chi connectivity index (χ4v) is 2.85. The Labute approximate surface area is 112 Å². The molecule has 0 heterocycles. The van der Waals surface area contributed by atoms with Crippen molar-refractivity contribution in [2.75, 3.05) is 32.9 Å². The maximum atomic E-state index is 8.57. The first kappa shape index (κ1) is 15.9. The van der Waals surface area contributed by atoms with Crippen molar-refractivity contribution in [3.8, 4) is 0 Å². The summed E-state index contributed by atoms with van der Waals surface area (Å²) < 4.78 is 5.22. The van der Waals surface area contributed by atoms with Crippen LogP contribution >= 0.6 is 0 Å². The highest BCUT2D eigenvalue weighted by molar-refractivity contribution is 4.81. The molecule has 1 rings (SSSR count). The summed E-state index contributed by atoms with van der Waals surface area (Å²) in [4.78, 5) is 0. The third-order valence-electron chi connectivity index (χ3n) is 4.16. The fourth-order valence-electron chi connectivity index (χ4n) is 2.85. The van der Waals surface area contributed by atoms with E-state index in [0.29, 0.717) is 18.6 Å². The summed E-state index contributed by atoms with van der Waals surface area (Å²) in [5.74, 6) is 1.75. The molecule has 1 saturated carbocycles. The molecule has 0 aromatic heterocycles. The second-order valence-electron chi connectivity index (χ2n) is 6.62. The van der Waals surface area contributed by atoms with E-state index in [0.717, 1.165) is 24.9 Å². The number of ether oxygens (including phenoxy) is 1. The van der Waals surface area contributed by atoms with E-state index in [-0.39, 0.29) is 6.61 Å². The largest absolute Gasteiger partial charge is 0.394 e. The van der Waals surface area contributed by atoms with E-state index in [9.17, 15) is 0 Å². The van der Waals surface area contributed by atoms with Crippen LogP contribution in [-0.4, -0.2) is 38.0 Å². The molecule has 0 aromatic rings. The Bertz CT molecular complexity index is 205. The van der Waals surface area contributed by atoms with Crippen molar-refractivity contribution < 1.29 is 9.84 Å². The van der Waals surface area contributed by atoms with Crippen molar-refractivity contribution in [3.63, 3.8) is 0 Å². The smallest absolute Gasteiger partial charge is 0.0698 e. The average molecular weight is 257 g/mol. The molecule has 0 aromatic carbocycles. The zero-order valence-corrected chi connectivity index (χ0v) is 12.4. The third kappa shape index (κ3) is 6.17. The minimum absolute atomic E-state index is 0.122. The summed E-state index contributed by atoms with van der Waals surface area (Å²) >= 11 is 0. The Balaban J connectivity index is 2.02. The molecule has 1 aliphatic rings. The number of hydrogen-bond acceptors (Lipinski definition) is 3. The predicted octanol–water partition coefficient (Wildman–Crippen LogP) is 2.44. The molecule has 0 unspecified atom stereocenters. The van der Waals surface area contributed by atoms with Gasteiger partial charge in [-0.3, -0.25) is 0 Å². The average Bonchev–Trinajstić information content (AvgIpc) is 2.33. The first-order valence-corrected chi connectivity index (χ1v) is 7.43. The van der Waals surface area contributed by atoms with Crippen LogP contribution in [-0.2, 0) is 4.74 Å². The molecule has 1 aliphatic carbocycles. The van der Waals surface area contributed by atoms with Crippen LogP contribution < -0.4 is 5.32 Å². The maximum Gasteiger partial charge on any atom is 0.0698 e. The molecule has 0 bridgehead atoms. The molecular weight excluding hydrogens is 226 g/mol. The quantitative estimate of drug-likeness (QED) is 0.688. The predicted molar refractivity (Wildman–Crippen MR) is 75.7 cm³/mol. The van der Waals surface area contributed by atoms with Gasteiger partial charge in [-0.15, -0.1) is 0 Å². The summed E-state index contributed by atoms with van der Waals surface area (Å²) in [6, 6.07) is 0. The Hall–Kier alpha value is -0.120. The van der Waals surface area contributed by atoms with Gasteiger partial charge in [-0.2, -0.15) is 0 Å². The Kier molecular flexibility index (Phi) is 7.20. The molecule has 108 valence electrons. The lowest BCUT2D eigenvalue weighted by Crippen LogP contribution is -2.32. The van der Waals surface area contributed by atoms with Crippen LogP contribution in [0.1, 0.15) is 46.5 Å². The van der Waals surface area contributed by atoms with Crippen molar-refractivity contribution in [1.82, 2.24) is 5.32 Å². The lowest BCUT2D eigenvalue weighted by Gasteiger charge is -2.37. The molecule has 0 radical (unpaired) electrons. The van der Waals surface area contributed by atoms with Crippen LogP contribution in [0.3, 0.4) is 0 Å². The zero-order chi connectivity index (χ0) is 13.4. The normalized spacial score (nSPS) is 25.3. The molecule has 0 amide bonds. The van der Waals surface area contributed by atoms with Crippen LogP contribution in [0.5, 0.6) is 0 Å². The van der Waals surface area contributed by atoms with E-state index in [1.807, 2.05) is 0 Å². The van der Waals surface area contributed by atoms with Gasteiger partial charge in [0.05, 0.1) is 19.8 Å². The second kappa shape index (κ2) is 8.13. The highest BCUT2D eigenvalue weighted by Gasteiger charge is 2.29.